The second-order valence-electron chi connectivity index (χ2n) is 16.3. The van der Waals surface area contributed by atoms with Crippen molar-refractivity contribution in [3.05, 3.63) is 48.6 Å². The van der Waals surface area contributed by atoms with Crippen molar-refractivity contribution in [3.8, 4) is 0 Å². The average molecular weight is 772 g/mol. The third-order valence-corrected chi connectivity index (χ3v) is 10.8. The number of aliphatic hydroxyl groups is 3. The van der Waals surface area contributed by atoms with Crippen LogP contribution >= 0.6 is 0 Å². The van der Waals surface area contributed by atoms with Crippen LogP contribution in [0.5, 0.6) is 0 Å². The molecule has 0 rings (SSSR count). The summed E-state index contributed by atoms with van der Waals surface area (Å²) in [5, 5.41) is 33.2. The van der Waals surface area contributed by atoms with E-state index in [1.54, 1.807) is 6.08 Å². The molecule has 0 aromatic carbocycles. The lowest BCUT2D eigenvalue weighted by molar-refractivity contribution is -0.124. The Labute approximate surface area is 342 Å². The van der Waals surface area contributed by atoms with Crippen LogP contribution < -0.4 is 5.32 Å². The molecule has 55 heavy (non-hydrogen) atoms. The van der Waals surface area contributed by atoms with Gasteiger partial charge in [0, 0.05) is 0 Å². The second kappa shape index (κ2) is 45.0. The fraction of sp³-hybridized carbons (Fsp3) is 0.820. The first-order valence-electron chi connectivity index (χ1n) is 23.9. The molecule has 0 aliphatic carbocycles. The van der Waals surface area contributed by atoms with Crippen LogP contribution in [0.15, 0.2) is 48.6 Å². The zero-order valence-corrected chi connectivity index (χ0v) is 36.6. The number of aliphatic hydroxyl groups excluding tert-OH is 3. The minimum absolute atomic E-state index is 0.00889. The van der Waals surface area contributed by atoms with E-state index in [0.29, 0.717) is 6.42 Å². The molecule has 5 nitrogen and oxygen atoms in total. The molecule has 3 unspecified atom stereocenters. The van der Waals surface area contributed by atoms with Gasteiger partial charge >= 0.3 is 0 Å². The molecule has 5 heteroatoms. The van der Waals surface area contributed by atoms with E-state index < -0.39 is 18.2 Å². The van der Waals surface area contributed by atoms with Gasteiger partial charge in [0.2, 0.25) is 5.91 Å². The summed E-state index contributed by atoms with van der Waals surface area (Å²) in [5.74, 6) is -0.338. The highest BCUT2D eigenvalue weighted by molar-refractivity contribution is 5.76. The topological polar surface area (TPSA) is 89.8 Å². The number of hydrogen-bond acceptors (Lipinski definition) is 4. The van der Waals surface area contributed by atoms with Gasteiger partial charge in [0.05, 0.1) is 31.3 Å². The molecule has 0 aromatic rings. The largest absolute Gasteiger partial charge is 0.394 e. The monoisotopic (exact) mass is 772 g/mol. The van der Waals surface area contributed by atoms with Gasteiger partial charge in [-0.2, -0.15) is 0 Å². The Morgan fingerprint density at radius 2 is 0.782 bits per heavy atom. The summed E-state index contributed by atoms with van der Waals surface area (Å²) in [6.45, 7) is 4.20. The molecule has 4 N–H and O–H groups in total. The molecule has 0 aliphatic heterocycles. The average Bonchev–Trinajstić information content (AvgIpc) is 3.18. The second-order valence-corrected chi connectivity index (χ2v) is 16.3. The summed E-state index contributed by atoms with van der Waals surface area (Å²) in [5.41, 5.74) is 0. The molecular weight excluding hydrogens is 679 g/mol. The highest BCUT2D eigenvalue weighted by Gasteiger charge is 2.20. The van der Waals surface area contributed by atoms with Gasteiger partial charge in [0.15, 0.2) is 0 Å². The standard InChI is InChI=1S/C50H93NO4/c1-3-5-7-9-11-13-15-17-19-21-22-23-24-25-26-27-28-30-32-34-36-38-40-42-44-49(54)48(46-52)51-50(55)45-47(53)43-41-39-37-35-33-31-29-20-18-16-14-12-10-8-6-4-2/h27-28,31,33-34,36,42,44,47-49,52-54H,3-26,29-30,32,35,37-41,43,45-46H2,1-2H3,(H,51,55)/b28-27+,33-31-,36-34+,44-42+. The van der Waals surface area contributed by atoms with Gasteiger partial charge in [0.25, 0.3) is 0 Å². The van der Waals surface area contributed by atoms with E-state index in [-0.39, 0.29) is 18.9 Å². The van der Waals surface area contributed by atoms with Crippen molar-refractivity contribution in [2.24, 2.45) is 0 Å². The van der Waals surface area contributed by atoms with E-state index in [4.69, 9.17) is 0 Å². The summed E-state index contributed by atoms with van der Waals surface area (Å²) in [6, 6.07) is -0.773. The Bertz CT molecular complexity index is 896. The van der Waals surface area contributed by atoms with Crippen molar-refractivity contribution in [1.29, 1.82) is 0 Å². The van der Waals surface area contributed by atoms with E-state index in [1.165, 1.54) is 161 Å². The third kappa shape index (κ3) is 41.8. The van der Waals surface area contributed by atoms with Crippen LogP contribution in [0.25, 0.3) is 0 Å². The maximum Gasteiger partial charge on any atom is 0.222 e. The summed E-state index contributed by atoms with van der Waals surface area (Å²) in [4.78, 5) is 12.4. The Balaban J connectivity index is 3.73. The Morgan fingerprint density at radius 3 is 1.16 bits per heavy atom. The number of unbranched alkanes of at least 4 members (excludes halogenated alkanes) is 28. The zero-order valence-electron chi connectivity index (χ0n) is 36.6. The summed E-state index contributed by atoms with van der Waals surface area (Å²) >= 11 is 0. The van der Waals surface area contributed by atoms with E-state index in [2.05, 4.69) is 55.6 Å². The van der Waals surface area contributed by atoms with Crippen LogP contribution in [0.1, 0.15) is 239 Å². The molecule has 0 radical (unpaired) electrons. The summed E-state index contributed by atoms with van der Waals surface area (Å²) < 4.78 is 0. The van der Waals surface area contributed by atoms with Crippen LogP contribution in [-0.4, -0.2) is 46.1 Å². The zero-order chi connectivity index (χ0) is 40.1. The first-order valence-corrected chi connectivity index (χ1v) is 23.9. The minimum atomic E-state index is -0.965. The van der Waals surface area contributed by atoms with Crippen molar-refractivity contribution < 1.29 is 20.1 Å². The maximum absolute atomic E-state index is 12.4. The Morgan fingerprint density at radius 1 is 0.455 bits per heavy atom. The van der Waals surface area contributed by atoms with Crippen molar-refractivity contribution in [2.45, 2.75) is 257 Å². The normalized spacial score (nSPS) is 13.9. The van der Waals surface area contributed by atoms with Crippen molar-refractivity contribution in [2.75, 3.05) is 6.61 Å². The van der Waals surface area contributed by atoms with Gasteiger partial charge in [-0.1, -0.05) is 210 Å². The number of carbonyl (C=O) groups excluding carboxylic acids is 1. The van der Waals surface area contributed by atoms with Crippen LogP contribution in [0, 0.1) is 0 Å². The minimum Gasteiger partial charge on any atom is -0.394 e. The van der Waals surface area contributed by atoms with Crippen molar-refractivity contribution in [3.63, 3.8) is 0 Å². The Hall–Kier alpha value is -1.69. The molecule has 0 spiro atoms. The van der Waals surface area contributed by atoms with Gasteiger partial charge in [-0.15, -0.1) is 0 Å². The lowest BCUT2D eigenvalue weighted by Gasteiger charge is -2.20. The predicted octanol–water partition coefficient (Wildman–Crippen LogP) is 14.1. The van der Waals surface area contributed by atoms with Gasteiger partial charge in [-0.3, -0.25) is 4.79 Å². The molecule has 322 valence electrons. The number of hydrogen-bond donors (Lipinski definition) is 4. The summed E-state index contributed by atoms with van der Waals surface area (Å²) in [6.07, 6.45) is 58.4. The molecule has 0 fully saturated rings. The fourth-order valence-electron chi connectivity index (χ4n) is 7.13. The maximum atomic E-state index is 12.4. The Kier molecular flexibility index (Phi) is 43.6. The molecule has 0 aliphatic rings. The first-order chi connectivity index (χ1) is 27.0. The molecule has 3 atom stereocenters. The molecule has 0 saturated heterocycles. The summed E-state index contributed by atoms with van der Waals surface area (Å²) in [7, 11) is 0. The van der Waals surface area contributed by atoms with Crippen LogP contribution in [0.2, 0.25) is 0 Å². The molecule has 1 amide bonds. The molecule has 0 heterocycles. The van der Waals surface area contributed by atoms with Gasteiger partial charge in [-0.25, -0.2) is 0 Å². The number of allylic oxidation sites excluding steroid dienone is 7. The molecular formula is C50H93NO4. The first kappa shape index (κ1) is 53.3. The van der Waals surface area contributed by atoms with E-state index in [0.717, 1.165) is 51.4 Å². The highest BCUT2D eigenvalue weighted by atomic mass is 16.3. The van der Waals surface area contributed by atoms with Crippen LogP contribution in [-0.2, 0) is 4.79 Å². The third-order valence-electron chi connectivity index (χ3n) is 10.8. The number of rotatable bonds is 43. The molecule has 0 bridgehead atoms. The smallest absolute Gasteiger partial charge is 0.222 e. The van der Waals surface area contributed by atoms with E-state index >= 15 is 0 Å². The number of carbonyl (C=O) groups is 1. The van der Waals surface area contributed by atoms with Gasteiger partial charge in [-0.05, 0) is 70.6 Å². The molecule has 0 saturated carbocycles. The van der Waals surface area contributed by atoms with Crippen LogP contribution in [0.4, 0.5) is 0 Å². The van der Waals surface area contributed by atoms with Crippen molar-refractivity contribution in [1.82, 2.24) is 5.32 Å². The fourth-order valence-corrected chi connectivity index (χ4v) is 7.13. The van der Waals surface area contributed by atoms with Gasteiger partial charge in [0.1, 0.15) is 0 Å². The molecule has 0 aromatic heterocycles. The highest BCUT2D eigenvalue weighted by Crippen LogP contribution is 2.15. The SMILES string of the molecule is CCCCCCCCCCC/C=C\CCCCCC(O)CC(=O)NC(CO)C(O)/C=C/CC/C=C/CC/C=C/CCCCCCCCCCCCCCCC. The van der Waals surface area contributed by atoms with Crippen molar-refractivity contribution >= 4 is 5.91 Å². The predicted molar refractivity (Wildman–Crippen MR) is 241 cm³/mol. The van der Waals surface area contributed by atoms with E-state index in [1.807, 2.05) is 6.08 Å². The number of amides is 1. The van der Waals surface area contributed by atoms with Gasteiger partial charge < -0.3 is 20.6 Å². The van der Waals surface area contributed by atoms with E-state index in [9.17, 15) is 20.1 Å². The van der Waals surface area contributed by atoms with Crippen LogP contribution in [0.3, 0.4) is 0 Å². The lowest BCUT2D eigenvalue weighted by atomic mass is 10.0. The number of nitrogens with one attached hydrogen (secondary N) is 1. The lowest BCUT2D eigenvalue weighted by Crippen LogP contribution is -2.45. The quantitative estimate of drug-likeness (QED) is 0.0367.